The van der Waals surface area contributed by atoms with Gasteiger partial charge in [0.15, 0.2) is 0 Å². The van der Waals surface area contributed by atoms with Crippen molar-refractivity contribution in [1.82, 2.24) is 0 Å². The van der Waals surface area contributed by atoms with E-state index in [1.54, 1.807) is 0 Å². The first-order valence-electron chi connectivity index (χ1n) is 4.52. The summed E-state index contributed by atoms with van der Waals surface area (Å²) in [7, 11) is 0. The predicted molar refractivity (Wildman–Crippen MR) is 53.4 cm³/mol. The summed E-state index contributed by atoms with van der Waals surface area (Å²) in [6, 6.07) is 6.32. The number of benzene rings is 2. The van der Waals surface area contributed by atoms with Gasteiger partial charge in [0.05, 0.1) is 5.56 Å². The van der Waals surface area contributed by atoms with Crippen LogP contribution in [0.2, 0.25) is 0 Å². The van der Waals surface area contributed by atoms with E-state index in [1.165, 1.54) is 6.07 Å². The standard InChI is InChI=1S/C12H7F3O/c13-7-4-5-8(11(16)6-7)12-9(14)2-1-3-10(12)15/h1-6,16H. The molecule has 1 nitrogen and oxygen atoms in total. The molecule has 0 aliphatic carbocycles. The Bertz CT molecular complexity index is 518. The van der Waals surface area contributed by atoms with Crippen LogP contribution in [0.4, 0.5) is 13.2 Å². The maximum Gasteiger partial charge on any atom is 0.134 e. The molecule has 4 heteroatoms. The second kappa shape index (κ2) is 3.89. The third kappa shape index (κ3) is 1.74. The molecule has 1 N–H and O–H groups in total. The average Bonchev–Trinajstić information content (AvgIpc) is 2.20. The van der Waals surface area contributed by atoms with Gasteiger partial charge >= 0.3 is 0 Å². The Labute approximate surface area is 89.8 Å². The normalized spacial score (nSPS) is 10.4. The van der Waals surface area contributed by atoms with E-state index < -0.39 is 23.2 Å². The molecule has 0 aromatic heterocycles. The molecule has 2 rings (SSSR count). The fourth-order valence-corrected chi connectivity index (χ4v) is 1.47. The van der Waals surface area contributed by atoms with Crippen LogP contribution in [0.5, 0.6) is 5.75 Å². The molecular weight excluding hydrogens is 217 g/mol. The van der Waals surface area contributed by atoms with E-state index in [0.717, 1.165) is 30.3 Å². The monoisotopic (exact) mass is 224 g/mol. The van der Waals surface area contributed by atoms with E-state index in [2.05, 4.69) is 0 Å². The van der Waals surface area contributed by atoms with Crippen molar-refractivity contribution in [3.63, 3.8) is 0 Å². The number of halogens is 3. The lowest BCUT2D eigenvalue weighted by atomic mass is 10.0. The number of aromatic hydroxyl groups is 1. The first-order valence-corrected chi connectivity index (χ1v) is 4.52. The summed E-state index contributed by atoms with van der Waals surface area (Å²) in [5.41, 5.74) is -0.433. The Balaban J connectivity index is 2.68. The van der Waals surface area contributed by atoms with E-state index in [0.29, 0.717) is 0 Å². The number of phenols is 1. The van der Waals surface area contributed by atoms with Crippen LogP contribution in [-0.4, -0.2) is 5.11 Å². The molecule has 0 aliphatic rings. The van der Waals surface area contributed by atoms with E-state index in [9.17, 15) is 18.3 Å². The third-order valence-electron chi connectivity index (χ3n) is 2.19. The van der Waals surface area contributed by atoms with Crippen LogP contribution in [0.1, 0.15) is 0 Å². The maximum absolute atomic E-state index is 13.4. The van der Waals surface area contributed by atoms with Gasteiger partial charge in [-0.3, -0.25) is 0 Å². The minimum absolute atomic E-state index is 0.0722. The van der Waals surface area contributed by atoms with Crippen molar-refractivity contribution in [3.8, 4) is 16.9 Å². The van der Waals surface area contributed by atoms with Crippen LogP contribution in [0.3, 0.4) is 0 Å². The molecule has 16 heavy (non-hydrogen) atoms. The van der Waals surface area contributed by atoms with Crippen molar-refractivity contribution in [2.24, 2.45) is 0 Å². The van der Waals surface area contributed by atoms with Gasteiger partial charge in [-0.25, -0.2) is 13.2 Å². The van der Waals surface area contributed by atoms with Crippen LogP contribution >= 0.6 is 0 Å². The van der Waals surface area contributed by atoms with Crippen molar-refractivity contribution in [2.45, 2.75) is 0 Å². The van der Waals surface area contributed by atoms with Crippen LogP contribution in [-0.2, 0) is 0 Å². The smallest absolute Gasteiger partial charge is 0.134 e. The Kier molecular flexibility index (Phi) is 2.56. The summed E-state index contributed by atoms with van der Waals surface area (Å²) >= 11 is 0. The molecule has 0 spiro atoms. The van der Waals surface area contributed by atoms with Crippen LogP contribution in [0.15, 0.2) is 36.4 Å². The lowest BCUT2D eigenvalue weighted by Crippen LogP contribution is -1.90. The van der Waals surface area contributed by atoms with Gasteiger partial charge in [0.2, 0.25) is 0 Å². The Morgan fingerprint density at radius 1 is 0.875 bits per heavy atom. The summed E-state index contributed by atoms with van der Waals surface area (Å²) in [6.45, 7) is 0. The van der Waals surface area contributed by atoms with Crippen molar-refractivity contribution < 1.29 is 18.3 Å². The number of rotatable bonds is 1. The highest BCUT2D eigenvalue weighted by Gasteiger charge is 2.14. The average molecular weight is 224 g/mol. The van der Waals surface area contributed by atoms with Gasteiger partial charge in [-0.05, 0) is 24.3 Å². The lowest BCUT2D eigenvalue weighted by Gasteiger charge is -2.07. The molecule has 0 saturated heterocycles. The van der Waals surface area contributed by atoms with Crippen molar-refractivity contribution in [3.05, 3.63) is 53.8 Å². The summed E-state index contributed by atoms with van der Waals surface area (Å²) < 4.78 is 39.5. The molecule has 2 aromatic rings. The maximum atomic E-state index is 13.4. The van der Waals surface area contributed by atoms with Gasteiger partial charge in [0, 0.05) is 11.6 Å². The summed E-state index contributed by atoms with van der Waals surface area (Å²) in [5.74, 6) is -2.77. The number of phenolic OH excluding ortho intramolecular Hbond substituents is 1. The van der Waals surface area contributed by atoms with Gasteiger partial charge in [-0.15, -0.1) is 0 Å². The zero-order chi connectivity index (χ0) is 11.7. The molecule has 0 unspecified atom stereocenters. The molecule has 0 radical (unpaired) electrons. The quantitative estimate of drug-likeness (QED) is 0.786. The van der Waals surface area contributed by atoms with Gasteiger partial charge in [0.25, 0.3) is 0 Å². The highest BCUT2D eigenvalue weighted by atomic mass is 19.1. The van der Waals surface area contributed by atoms with Gasteiger partial charge in [-0.2, -0.15) is 0 Å². The van der Waals surface area contributed by atoms with Crippen LogP contribution in [0, 0.1) is 17.5 Å². The van der Waals surface area contributed by atoms with Crippen molar-refractivity contribution in [2.75, 3.05) is 0 Å². The molecule has 82 valence electrons. The highest BCUT2D eigenvalue weighted by Crippen LogP contribution is 2.33. The van der Waals surface area contributed by atoms with Gasteiger partial charge < -0.3 is 5.11 Å². The van der Waals surface area contributed by atoms with E-state index in [-0.39, 0.29) is 11.1 Å². The minimum atomic E-state index is -0.804. The Morgan fingerprint density at radius 3 is 2.06 bits per heavy atom. The molecule has 0 bridgehead atoms. The number of hydrogen-bond donors (Lipinski definition) is 1. The molecule has 2 aromatic carbocycles. The Morgan fingerprint density at radius 2 is 1.50 bits per heavy atom. The summed E-state index contributed by atoms with van der Waals surface area (Å²) in [6.07, 6.45) is 0. The van der Waals surface area contributed by atoms with Crippen molar-refractivity contribution >= 4 is 0 Å². The zero-order valence-electron chi connectivity index (χ0n) is 8.05. The van der Waals surface area contributed by atoms with Gasteiger partial charge in [-0.1, -0.05) is 6.07 Å². The highest BCUT2D eigenvalue weighted by molar-refractivity contribution is 5.71. The molecule has 0 amide bonds. The van der Waals surface area contributed by atoms with E-state index in [1.807, 2.05) is 0 Å². The first kappa shape index (κ1) is 10.5. The molecule has 0 saturated carbocycles. The molecular formula is C12H7F3O. The first-order chi connectivity index (χ1) is 7.59. The number of hydrogen-bond acceptors (Lipinski definition) is 1. The van der Waals surface area contributed by atoms with E-state index in [4.69, 9.17) is 0 Å². The molecule has 0 fully saturated rings. The third-order valence-corrected chi connectivity index (χ3v) is 2.19. The second-order valence-electron chi connectivity index (χ2n) is 3.26. The Hall–Kier alpha value is -1.97. The van der Waals surface area contributed by atoms with Gasteiger partial charge in [0.1, 0.15) is 23.2 Å². The lowest BCUT2D eigenvalue weighted by molar-refractivity contribution is 0.469. The summed E-state index contributed by atoms with van der Waals surface area (Å²) in [4.78, 5) is 0. The minimum Gasteiger partial charge on any atom is -0.507 e. The molecule has 0 heterocycles. The van der Waals surface area contributed by atoms with Crippen LogP contribution in [0.25, 0.3) is 11.1 Å². The second-order valence-corrected chi connectivity index (χ2v) is 3.26. The molecule has 0 aliphatic heterocycles. The van der Waals surface area contributed by atoms with E-state index >= 15 is 0 Å². The molecule has 0 atom stereocenters. The van der Waals surface area contributed by atoms with Crippen molar-refractivity contribution in [1.29, 1.82) is 0 Å². The topological polar surface area (TPSA) is 20.2 Å². The summed E-state index contributed by atoms with van der Waals surface area (Å²) in [5, 5.41) is 9.42. The SMILES string of the molecule is Oc1cc(F)ccc1-c1c(F)cccc1F. The zero-order valence-corrected chi connectivity index (χ0v) is 8.05. The fraction of sp³-hybridized carbons (Fsp3) is 0. The fourth-order valence-electron chi connectivity index (χ4n) is 1.47. The van der Waals surface area contributed by atoms with Crippen LogP contribution < -0.4 is 0 Å². The predicted octanol–water partition coefficient (Wildman–Crippen LogP) is 3.48. The largest absolute Gasteiger partial charge is 0.507 e.